The van der Waals surface area contributed by atoms with Crippen molar-refractivity contribution in [3.63, 3.8) is 0 Å². The summed E-state index contributed by atoms with van der Waals surface area (Å²) >= 11 is 0. The number of H-pyrrole nitrogens is 1. The summed E-state index contributed by atoms with van der Waals surface area (Å²) in [5, 5.41) is 14.5. The fourth-order valence-electron chi connectivity index (χ4n) is 3.35. The van der Waals surface area contributed by atoms with Gasteiger partial charge in [0.1, 0.15) is 6.23 Å². The van der Waals surface area contributed by atoms with Gasteiger partial charge < -0.3 is 21.1 Å². The standard InChI is InChI=1S/C16H23N3O/c1-9-10(2)19-15-13(16(17)20)6-5-12(14(9)15)11-4-3-7-18-8-11/h5-6,11,16,18-20H,3-4,7-8,17H2,1-2H3. The first kappa shape index (κ1) is 13.6. The van der Waals surface area contributed by atoms with E-state index in [0.717, 1.165) is 29.9 Å². The Bertz CT molecular complexity index is 624. The van der Waals surface area contributed by atoms with Crippen molar-refractivity contribution in [2.45, 2.75) is 38.8 Å². The van der Waals surface area contributed by atoms with Crippen LogP contribution in [0.5, 0.6) is 0 Å². The number of aromatic amines is 1. The maximum absolute atomic E-state index is 9.77. The Balaban J connectivity index is 2.20. The molecule has 1 fully saturated rings. The van der Waals surface area contributed by atoms with Gasteiger partial charge in [-0.3, -0.25) is 0 Å². The maximum Gasteiger partial charge on any atom is 0.130 e. The van der Waals surface area contributed by atoms with E-state index in [1.54, 1.807) is 0 Å². The van der Waals surface area contributed by atoms with E-state index in [0.29, 0.717) is 5.92 Å². The summed E-state index contributed by atoms with van der Waals surface area (Å²) < 4.78 is 0. The molecule has 3 rings (SSSR count). The third-order valence-electron chi connectivity index (χ3n) is 4.58. The SMILES string of the molecule is Cc1[nH]c2c(C(N)O)ccc(C3CCCNC3)c2c1C. The number of nitrogens with two attached hydrogens (primary N) is 1. The number of aliphatic hydroxyl groups is 1. The van der Waals surface area contributed by atoms with E-state index < -0.39 is 6.23 Å². The molecule has 0 spiro atoms. The summed E-state index contributed by atoms with van der Waals surface area (Å²) in [6, 6.07) is 4.11. The third-order valence-corrected chi connectivity index (χ3v) is 4.58. The number of hydrogen-bond acceptors (Lipinski definition) is 3. The van der Waals surface area contributed by atoms with Crippen LogP contribution in [0.3, 0.4) is 0 Å². The van der Waals surface area contributed by atoms with Gasteiger partial charge in [0.2, 0.25) is 0 Å². The number of rotatable bonds is 2. The molecule has 0 saturated carbocycles. The van der Waals surface area contributed by atoms with Gasteiger partial charge in [-0.2, -0.15) is 0 Å². The molecule has 2 heterocycles. The van der Waals surface area contributed by atoms with E-state index in [1.165, 1.54) is 29.4 Å². The Labute approximate surface area is 119 Å². The molecule has 2 atom stereocenters. The van der Waals surface area contributed by atoms with Gasteiger partial charge in [-0.25, -0.2) is 0 Å². The lowest BCUT2D eigenvalue weighted by molar-refractivity contribution is 0.187. The van der Waals surface area contributed by atoms with E-state index >= 15 is 0 Å². The molecule has 2 unspecified atom stereocenters. The van der Waals surface area contributed by atoms with E-state index in [2.05, 4.69) is 30.2 Å². The molecular weight excluding hydrogens is 250 g/mol. The summed E-state index contributed by atoms with van der Waals surface area (Å²) in [7, 11) is 0. The lowest BCUT2D eigenvalue weighted by Crippen LogP contribution is -2.28. The third kappa shape index (κ3) is 2.14. The predicted molar refractivity (Wildman–Crippen MR) is 81.8 cm³/mol. The summed E-state index contributed by atoms with van der Waals surface area (Å²) in [5.41, 5.74) is 11.3. The van der Waals surface area contributed by atoms with Crippen LogP contribution in [0.2, 0.25) is 0 Å². The average molecular weight is 273 g/mol. The van der Waals surface area contributed by atoms with Crippen molar-refractivity contribution < 1.29 is 5.11 Å². The van der Waals surface area contributed by atoms with Crippen molar-refractivity contribution in [2.75, 3.05) is 13.1 Å². The highest BCUT2D eigenvalue weighted by atomic mass is 16.3. The zero-order valence-corrected chi connectivity index (χ0v) is 12.2. The zero-order valence-electron chi connectivity index (χ0n) is 12.2. The molecule has 2 aromatic rings. The smallest absolute Gasteiger partial charge is 0.130 e. The molecule has 1 aromatic heterocycles. The van der Waals surface area contributed by atoms with Gasteiger partial charge in [0.05, 0.1) is 5.52 Å². The topological polar surface area (TPSA) is 74.1 Å². The monoisotopic (exact) mass is 273 g/mol. The van der Waals surface area contributed by atoms with Crippen LogP contribution in [0, 0.1) is 13.8 Å². The van der Waals surface area contributed by atoms with Gasteiger partial charge in [0.25, 0.3) is 0 Å². The number of aliphatic hydroxyl groups excluding tert-OH is 1. The van der Waals surface area contributed by atoms with Crippen LogP contribution in [0.25, 0.3) is 10.9 Å². The molecule has 5 N–H and O–H groups in total. The zero-order chi connectivity index (χ0) is 14.3. The van der Waals surface area contributed by atoms with E-state index in [4.69, 9.17) is 5.73 Å². The largest absolute Gasteiger partial charge is 0.374 e. The average Bonchev–Trinajstić information content (AvgIpc) is 2.75. The quantitative estimate of drug-likeness (QED) is 0.634. The van der Waals surface area contributed by atoms with Gasteiger partial charge in [-0.15, -0.1) is 0 Å². The number of aromatic nitrogens is 1. The molecule has 0 amide bonds. The molecule has 108 valence electrons. The van der Waals surface area contributed by atoms with Gasteiger partial charge >= 0.3 is 0 Å². The highest BCUT2D eigenvalue weighted by Gasteiger charge is 2.22. The van der Waals surface area contributed by atoms with Crippen LogP contribution in [0.15, 0.2) is 12.1 Å². The van der Waals surface area contributed by atoms with Crippen LogP contribution < -0.4 is 11.1 Å². The van der Waals surface area contributed by atoms with Crippen molar-refractivity contribution in [3.05, 3.63) is 34.5 Å². The highest BCUT2D eigenvalue weighted by Crippen LogP contribution is 2.35. The number of fused-ring (bicyclic) bond motifs is 1. The minimum atomic E-state index is -0.937. The second kappa shape index (κ2) is 5.20. The van der Waals surface area contributed by atoms with Crippen LogP contribution in [0.1, 0.15) is 47.4 Å². The first-order valence-corrected chi connectivity index (χ1v) is 7.35. The van der Waals surface area contributed by atoms with Crippen molar-refractivity contribution in [1.82, 2.24) is 10.3 Å². The fourth-order valence-corrected chi connectivity index (χ4v) is 3.35. The number of piperidine rings is 1. The fraction of sp³-hybridized carbons (Fsp3) is 0.500. The Morgan fingerprint density at radius 1 is 1.35 bits per heavy atom. The lowest BCUT2D eigenvalue weighted by Gasteiger charge is -2.24. The van der Waals surface area contributed by atoms with Crippen LogP contribution in [-0.4, -0.2) is 23.2 Å². The predicted octanol–water partition coefficient (Wildman–Crippen LogP) is 2.20. The molecule has 4 heteroatoms. The van der Waals surface area contributed by atoms with E-state index in [9.17, 15) is 5.11 Å². The molecular formula is C16H23N3O. The lowest BCUT2D eigenvalue weighted by atomic mass is 9.87. The Morgan fingerprint density at radius 2 is 2.15 bits per heavy atom. The Kier molecular flexibility index (Phi) is 3.54. The Morgan fingerprint density at radius 3 is 2.80 bits per heavy atom. The van der Waals surface area contributed by atoms with Crippen molar-refractivity contribution >= 4 is 10.9 Å². The molecule has 0 radical (unpaired) electrons. The second-order valence-electron chi connectivity index (χ2n) is 5.86. The molecule has 1 aliphatic heterocycles. The van der Waals surface area contributed by atoms with Gasteiger partial charge in [-0.05, 0) is 50.3 Å². The summed E-state index contributed by atoms with van der Waals surface area (Å²) in [6.45, 7) is 6.36. The van der Waals surface area contributed by atoms with E-state index in [1.807, 2.05) is 6.07 Å². The summed E-state index contributed by atoms with van der Waals surface area (Å²) in [4.78, 5) is 3.40. The Hall–Kier alpha value is -1.36. The van der Waals surface area contributed by atoms with Gasteiger partial charge in [0.15, 0.2) is 0 Å². The molecule has 1 aromatic carbocycles. The van der Waals surface area contributed by atoms with E-state index in [-0.39, 0.29) is 0 Å². The van der Waals surface area contributed by atoms with Crippen LogP contribution >= 0.6 is 0 Å². The number of aryl methyl sites for hydroxylation is 2. The summed E-state index contributed by atoms with van der Waals surface area (Å²) in [5.74, 6) is 0.545. The van der Waals surface area contributed by atoms with Crippen LogP contribution in [-0.2, 0) is 0 Å². The first-order chi connectivity index (χ1) is 9.59. The molecule has 1 aliphatic rings. The number of hydrogen-bond donors (Lipinski definition) is 4. The normalized spacial score (nSPS) is 21.3. The maximum atomic E-state index is 9.77. The number of benzene rings is 1. The summed E-state index contributed by atoms with van der Waals surface area (Å²) in [6.07, 6.45) is 1.50. The van der Waals surface area contributed by atoms with Crippen molar-refractivity contribution in [1.29, 1.82) is 0 Å². The minimum Gasteiger partial charge on any atom is -0.374 e. The van der Waals surface area contributed by atoms with Gasteiger partial charge in [0, 0.05) is 23.2 Å². The highest BCUT2D eigenvalue weighted by molar-refractivity contribution is 5.91. The molecule has 0 aliphatic carbocycles. The molecule has 0 bridgehead atoms. The number of nitrogens with one attached hydrogen (secondary N) is 2. The molecule has 1 saturated heterocycles. The first-order valence-electron chi connectivity index (χ1n) is 7.35. The minimum absolute atomic E-state index is 0.545. The molecule has 20 heavy (non-hydrogen) atoms. The van der Waals surface area contributed by atoms with Crippen molar-refractivity contribution in [3.8, 4) is 0 Å². The van der Waals surface area contributed by atoms with Gasteiger partial charge in [-0.1, -0.05) is 12.1 Å². The van der Waals surface area contributed by atoms with Crippen molar-refractivity contribution in [2.24, 2.45) is 5.73 Å². The second-order valence-corrected chi connectivity index (χ2v) is 5.86. The molecule has 4 nitrogen and oxygen atoms in total. The van der Waals surface area contributed by atoms with Crippen LogP contribution in [0.4, 0.5) is 0 Å².